The molecule has 0 saturated carbocycles. The summed E-state index contributed by atoms with van der Waals surface area (Å²) in [6.45, 7) is 2.65. The maximum atomic E-state index is 12.1. The minimum absolute atomic E-state index is 0.240. The van der Waals surface area contributed by atoms with Crippen molar-refractivity contribution >= 4 is 29.3 Å². The van der Waals surface area contributed by atoms with E-state index < -0.39 is 0 Å². The number of nitrogens with zero attached hydrogens (tertiary/aromatic N) is 1. The highest BCUT2D eigenvalue weighted by molar-refractivity contribution is 7.99. The van der Waals surface area contributed by atoms with Crippen molar-refractivity contribution in [1.82, 2.24) is 4.90 Å². The van der Waals surface area contributed by atoms with Crippen molar-refractivity contribution < 1.29 is 4.79 Å². The Kier molecular flexibility index (Phi) is 4.95. The predicted octanol–water partition coefficient (Wildman–Crippen LogP) is 2.64. The molecule has 4 heteroatoms. The second-order valence-electron chi connectivity index (χ2n) is 4.04. The van der Waals surface area contributed by atoms with Gasteiger partial charge < -0.3 is 0 Å². The van der Waals surface area contributed by atoms with Crippen LogP contribution in [0.4, 0.5) is 0 Å². The SMILES string of the molecule is CSc1ccc(C(=O)CN2CCSCC2)cc1. The second-order valence-corrected chi connectivity index (χ2v) is 6.14. The number of carbonyl (C=O) groups is 1. The van der Waals surface area contributed by atoms with Crippen LogP contribution in [0.3, 0.4) is 0 Å². The quantitative estimate of drug-likeness (QED) is 0.617. The molecule has 0 spiro atoms. The topological polar surface area (TPSA) is 20.3 Å². The van der Waals surface area contributed by atoms with Gasteiger partial charge in [0.15, 0.2) is 5.78 Å². The zero-order valence-corrected chi connectivity index (χ0v) is 11.6. The molecule has 1 aromatic carbocycles. The molecule has 17 heavy (non-hydrogen) atoms. The number of rotatable bonds is 4. The Balaban J connectivity index is 1.93. The summed E-state index contributed by atoms with van der Waals surface area (Å²) in [5, 5.41) is 0. The van der Waals surface area contributed by atoms with Gasteiger partial charge >= 0.3 is 0 Å². The minimum atomic E-state index is 0.240. The smallest absolute Gasteiger partial charge is 0.176 e. The van der Waals surface area contributed by atoms with Gasteiger partial charge in [-0.1, -0.05) is 12.1 Å². The fraction of sp³-hybridized carbons (Fsp3) is 0.462. The molecule has 2 nitrogen and oxygen atoms in total. The number of Topliss-reactive ketones (excluding diaryl/α,β-unsaturated/α-hetero) is 1. The van der Waals surface area contributed by atoms with Crippen molar-refractivity contribution in [2.24, 2.45) is 0 Å². The Morgan fingerprint density at radius 3 is 2.53 bits per heavy atom. The molecule has 1 aliphatic heterocycles. The third-order valence-electron chi connectivity index (χ3n) is 2.88. The van der Waals surface area contributed by atoms with Crippen LogP contribution in [0.25, 0.3) is 0 Å². The number of carbonyl (C=O) groups excluding carboxylic acids is 1. The van der Waals surface area contributed by atoms with Crippen LogP contribution in [0.1, 0.15) is 10.4 Å². The molecule has 0 N–H and O–H groups in total. The Bertz CT molecular complexity index is 372. The average molecular weight is 267 g/mol. The first-order valence-electron chi connectivity index (χ1n) is 5.77. The largest absolute Gasteiger partial charge is 0.294 e. The van der Waals surface area contributed by atoms with Crippen LogP contribution in [0.5, 0.6) is 0 Å². The standard InChI is InChI=1S/C13H17NOS2/c1-16-12-4-2-11(3-5-12)13(15)10-14-6-8-17-9-7-14/h2-5H,6-10H2,1H3. The third-order valence-corrected chi connectivity index (χ3v) is 4.57. The van der Waals surface area contributed by atoms with Crippen molar-refractivity contribution in [3.8, 4) is 0 Å². The van der Waals surface area contributed by atoms with Gasteiger partial charge in [0.2, 0.25) is 0 Å². The highest BCUT2D eigenvalue weighted by atomic mass is 32.2. The molecule has 0 atom stereocenters. The molecular formula is C13H17NOS2. The Labute approximate surface area is 111 Å². The summed E-state index contributed by atoms with van der Waals surface area (Å²) in [6.07, 6.45) is 2.04. The maximum absolute atomic E-state index is 12.1. The summed E-state index contributed by atoms with van der Waals surface area (Å²) in [7, 11) is 0. The molecule has 92 valence electrons. The lowest BCUT2D eigenvalue weighted by atomic mass is 10.1. The van der Waals surface area contributed by atoms with Crippen LogP contribution in [0.15, 0.2) is 29.2 Å². The number of ketones is 1. The lowest BCUT2D eigenvalue weighted by Crippen LogP contribution is -2.36. The van der Waals surface area contributed by atoms with Crippen LogP contribution in [-0.4, -0.2) is 48.1 Å². The van der Waals surface area contributed by atoms with E-state index >= 15 is 0 Å². The number of benzene rings is 1. The van der Waals surface area contributed by atoms with Crippen LogP contribution in [0.2, 0.25) is 0 Å². The molecular weight excluding hydrogens is 250 g/mol. The highest BCUT2D eigenvalue weighted by Gasteiger charge is 2.15. The number of hydrogen-bond acceptors (Lipinski definition) is 4. The van der Waals surface area contributed by atoms with Gasteiger partial charge in [-0.25, -0.2) is 0 Å². The van der Waals surface area contributed by atoms with E-state index in [0.717, 1.165) is 30.2 Å². The van der Waals surface area contributed by atoms with Crippen molar-refractivity contribution in [2.45, 2.75) is 4.90 Å². The molecule has 1 aromatic rings. The van der Waals surface area contributed by atoms with E-state index in [2.05, 4.69) is 4.90 Å². The molecule has 0 aromatic heterocycles. The number of hydrogen-bond donors (Lipinski definition) is 0. The molecule has 0 radical (unpaired) electrons. The fourth-order valence-corrected chi connectivity index (χ4v) is 3.22. The predicted molar refractivity (Wildman–Crippen MR) is 76.3 cm³/mol. The zero-order chi connectivity index (χ0) is 12.1. The molecule has 0 aliphatic carbocycles. The van der Waals surface area contributed by atoms with E-state index in [4.69, 9.17) is 0 Å². The summed E-state index contributed by atoms with van der Waals surface area (Å²) < 4.78 is 0. The minimum Gasteiger partial charge on any atom is -0.294 e. The van der Waals surface area contributed by atoms with Crippen LogP contribution in [0, 0.1) is 0 Å². The Morgan fingerprint density at radius 1 is 1.29 bits per heavy atom. The van der Waals surface area contributed by atoms with Gasteiger partial charge in [-0.3, -0.25) is 9.69 Å². The van der Waals surface area contributed by atoms with Crippen LogP contribution < -0.4 is 0 Å². The number of thioether (sulfide) groups is 2. The first-order chi connectivity index (χ1) is 8.29. The Hall–Kier alpha value is -0.450. The molecule has 1 fully saturated rings. The normalized spacial score (nSPS) is 17.0. The maximum Gasteiger partial charge on any atom is 0.176 e. The van der Waals surface area contributed by atoms with Gasteiger partial charge in [0.05, 0.1) is 6.54 Å². The summed E-state index contributed by atoms with van der Waals surface area (Å²) >= 11 is 3.67. The van der Waals surface area contributed by atoms with Gasteiger partial charge in [0, 0.05) is 35.1 Å². The van der Waals surface area contributed by atoms with Crippen molar-refractivity contribution in [3.63, 3.8) is 0 Å². The van der Waals surface area contributed by atoms with Crippen molar-refractivity contribution in [3.05, 3.63) is 29.8 Å². The van der Waals surface area contributed by atoms with Crippen molar-refractivity contribution in [2.75, 3.05) is 37.4 Å². The second kappa shape index (κ2) is 6.47. The van der Waals surface area contributed by atoms with E-state index in [1.165, 1.54) is 4.90 Å². The van der Waals surface area contributed by atoms with Crippen molar-refractivity contribution in [1.29, 1.82) is 0 Å². The molecule has 1 aliphatic rings. The monoisotopic (exact) mass is 267 g/mol. The van der Waals surface area contributed by atoms with Crippen LogP contribution in [-0.2, 0) is 0 Å². The molecule has 0 unspecified atom stereocenters. The summed E-state index contributed by atoms with van der Waals surface area (Å²) in [6, 6.07) is 7.91. The first kappa shape index (κ1) is 13.0. The molecule has 0 amide bonds. The Morgan fingerprint density at radius 2 is 1.94 bits per heavy atom. The van der Waals surface area contributed by atoms with Crippen LogP contribution >= 0.6 is 23.5 Å². The third kappa shape index (κ3) is 3.76. The molecule has 0 bridgehead atoms. The molecule has 2 rings (SSSR count). The van der Waals surface area contributed by atoms with Gasteiger partial charge in [0.25, 0.3) is 0 Å². The highest BCUT2D eigenvalue weighted by Crippen LogP contribution is 2.16. The first-order valence-corrected chi connectivity index (χ1v) is 8.15. The molecule has 1 saturated heterocycles. The summed E-state index contributed by atoms with van der Waals surface area (Å²) in [5.41, 5.74) is 0.834. The summed E-state index contributed by atoms with van der Waals surface area (Å²) in [4.78, 5) is 15.5. The van der Waals surface area contributed by atoms with E-state index in [-0.39, 0.29) is 5.78 Å². The van der Waals surface area contributed by atoms with Gasteiger partial charge in [-0.15, -0.1) is 11.8 Å². The van der Waals surface area contributed by atoms with Gasteiger partial charge in [-0.05, 0) is 18.4 Å². The average Bonchev–Trinajstić information content (AvgIpc) is 2.40. The fourth-order valence-electron chi connectivity index (χ4n) is 1.83. The lowest BCUT2D eigenvalue weighted by Gasteiger charge is -2.25. The van der Waals surface area contributed by atoms with Gasteiger partial charge in [0.1, 0.15) is 0 Å². The van der Waals surface area contributed by atoms with E-state index in [0.29, 0.717) is 6.54 Å². The molecule has 1 heterocycles. The zero-order valence-electron chi connectivity index (χ0n) is 10.0. The van der Waals surface area contributed by atoms with E-state index in [9.17, 15) is 4.79 Å². The van der Waals surface area contributed by atoms with E-state index in [1.807, 2.05) is 42.3 Å². The van der Waals surface area contributed by atoms with E-state index in [1.54, 1.807) is 11.8 Å². The summed E-state index contributed by atoms with van der Waals surface area (Å²) in [5.74, 6) is 2.54. The lowest BCUT2D eigenvalue weighted by molar-refractivity contribution is 0.0937. The van der Waals surface area contributed by atoms with Gasteiger partial charge in [-0.2, -0.15) is 11.8 Å².